The zero-order valence-electron chi connectivity index (χ0n) is 11.8. The van der Waals surface area contributed by atoms with Crippen LogP contribution in [0.2, 0.25) is 0 Å². The monoisotopic (exact) mass is 337 g/mol. The van der Waals surface area contributed by atoms with Crippen molar-refractivity contribution in [2.75, 3.05) is 5.75 Å². The number of nitrogens with zero attached hydrogens (tertiary/aromatic N) is 2. The van der Waals surface area contributed by atoms with Crippen molar-refractivity contribution in [3.05, 3.63) is 30.1 Å². The number of aromatic nitrogens is 2. The second-order valence-electron chi connectivity index (χ2n) is 5.01. The van der Waals surface area contributed by atoms with E-state index in [-0.39, 0.29) is 19.4 Å². The van der Waals surface area contributed by atoms with Crippen LogP contribution in [-0.2, 0) is 29.9 Å². The van der Waals surface area contributed by atoms with Gasteiger partial charge in [0.25, 0.3) is 10.1 Å². The fourth-order valence-electron chi connectivity index (χ4n) is 2.51. The Labute approximate surface area is 125 Å². The minimum atomic E-state index is -4.52. The van der Waals surface area contributed by atoms with Crippen LogP contribution >= 0.6 is 0 Å². The van der Waals surface area contributed by atoms with Crippen molar-refractivity contribution in [2.24, 2.45) is 7.05 Å². The molecule has 1 heterocycles. The maximum atomic E-state index is 13.3. The Kier molecular flexibility index (Phi) is 4.48. The van der Waals surface area contributed by atoms with Gasteiger partial charge in [-0.05, 0) is 25.0 Å². The number of para-hydroxylation sites is 2. The first kappa shape index (κ1) is 16.8. The third-order valence-corrected chi connectivity index (χ3v) is 4.20. The number of hydrogen-bond acceptors (Lipinski definition) is 2. The number of fused-ring (bicyclic) bond motifs is 1. The van der Waals surface area contributed by atoms with Crippen LogP contribution in [0.15, 0.2) is 24.3 Å². The van der Waals surface area contributed by atoms with E-state index in [2.05, 4.69) is 0 Å². The van der Waals surface area contributed by atoms with Crippen molar-refractivity contribution in [3.63, 3.8) is 0 Å². The molecule has 0 fully saturated rings. The van der Waals surface area contributed by atoms with E-state index in [0.29, 0.717) is 11.0 Å². The number of halogens is 3. The zero-order chi connectivity index (χ0) is 16.5. The molecule has 0 amide bonds. The largest absolute Gasteiger partial charge is 0.495 e. The van der Waals surface area contributed by atoms with E-state index in [4.69, 9.17) is 4.55 Å². The number of benzene rings is 1. The fourth-order valence-corrected chi connectivity index (χ4v) is 3.08. The van der Waals surface area contributed by atoms with E-state index in [1.165, 1.54) is 7.05 Å². The highest BCUT2D eigenvalue weighted by Gasteiger charge is 2.45. The summed E-state index contributed by atoms with van der Waals surface area (Å²) < 4.78 is 72.0. The van der Waals surface area contributed by atoms with Crippen LogP contribution in [0.3, 0.4) is 0 Å². The van der Waals surface area contributed by atoms with Crippen molar-refractivity contribution in [1.82, 2.24) is 4.57 Å². The van der Waals surface area contributed by atoms with Crippen molar-refractivity contribution < 1.29 is 30.7 Å². The molecule has 22 heavy (non-hydrogen) atoms. The normalized spacial score (nSPS) is 13.0. The number of unbranched alkanes of at least 4 members (excludes halogenated alkanes) is 1. The summed E-state index contributed by atoms with van der Waals surface area (Å²) in [5.74, 6) is -1.25. The molecule has 0 atom stereocenters. The van der Waals surface area contributed by atoms with E-state index < -0.39 is 27.9 Å². The Morgan fingerprint density at radius 2 is 1.86 bits per heavy atom. The van der Waals surface area contributed by atoms with E-state index in [1.54, 1.807) is 24.3 Å². The lowest BCUT2D eigenvalue weighted by molar-refractivity contribution is -0.667. The minimum Gasteiger partial charge on any atom is -0.286 e. The molecule has 0 radical (unpaired) electrons. The maximum absolute atomic E-state index is 13.3. The topological polar surface area (TPSA) is 63.2 Å². The summed E-state index contributed by atoms with van der Waals surface area (Å²) in [6.07, 6.45) is -4.22. The highest BCUT2D eigenvalue weighted by Crippen LogP contribution is 2.30. The van der Waals surface area contributed by atoms with Crippen LogP contribution in [0, 0.1) is 0 Å². The standard InChI is InChI=1S/C13H15F3N2O3S/c1-17-10-6-2-3-7-11(10)18(12(17)13(14,15)16)8-4-5-9-22(19,20)21/h2-3,6-7H,4-5,8-9H2,1H3/p+1. The zero-order valence-corrected chi connectivity index (χ0v) is 12.7. The van der Waals surface area contributed by atoms with Crippen molar-refractivity contribution >= 4 is 21.2 Å². The maximum Gasteiger partial charge on any atom is 0.495 e. The van der Waals surface area contributed by atoms with Crippen LogP contribution in [0.4, 0.5) is 13.2 Å². The van der Waals surface area contributed by atoms with E-state index in [1.807, 2.05) is 0 Å². The molecule has 0 aliphatic rings. The Morgan fingerprint density at radius 3 is 2.45 bits per heavy atom. The summed E-state index contributed by atoms with van der Waals surface area (Å²) in [6.45, 7) is 0.0196. The van der Waals surface area contributed by atoms with Crippen LogP contribution in [0.1, 0.15) is 18.7 Å². The lowest BCUT2D eigenvalue weighted by atomic mass is 10.3. The predicted molar refractivity (Wildman–Crippen MR) is 73.8 cm³/mol. The van der Waals surface area contributed by atoms with E-state index >= 15 is 0 Å². The van der Waals surface area contributed by atoms with Crippen LogP contribution < -0.4 is 4.57 Å². The molecule has 122 valence electrons. The number of hydrogen-bond donors (Lipinski definition) is 1. The molecule has 1 aromatic carbocycles. The molecule has 0 bridgehead atoms. The highest BCUT2D eigenvalue weighted by atomic mass is 32.2. The number of aryl methyl sites for hydroxylation is 2. The molecular formula is C13H16F3N2O3S+. The summed E-state index contributed by atoms with van der Waals surface area (Å²) in [5, 5.41) is 0. The minimum absolute atomic E-state index is 0.0196. The number of alkyl halides is 3. The number of rotatable bonds is 5. The molecule has 0 saturated heterocycles. The Bertz CT molecular complexity index is 782. The van der Waals surface area contributed by atoms with Gasteiger partial charge in [0.2, 0.25) is 0 Å². The highest BCUT2D eigenvalue weighted by molar-refractivity contribution is 7.85. The van der Waals surface area contributed by atoms with E-state index in [0.717, 1.165) is 9.13 Å². The first-order valence-corrected chi connectivity index (χ1v) is 8.22. The van der Waals surface area contributed by atoms with Gasteiger partial charge in [0, 0.05) is 0 Å². The molecule has 0 aliphatic heterocycles. The Hall–Kier alpha value is -1.61. The summed E-state index contributed by atoms with van der Waals surface area (Å²) in [7, 11) is -2.74. The van der Waals surface area contributed by atoms with Gasteiger partial charge in [-0.1, -0.05) is 12.1 Å². The molecule has 9 heteroatoms. The molecule has 2 aromatic rings. The molecule has 1 N–H and O–H groups in total. The molecule has 2 rings (SSSR count). The molecule has 0 unspecified atom stereocenters. The molecule has 0 spiro atoms. The summed E-state index contributed by atoms with van der Waals surface area (Å²) >= 11 is 0. The van der Waals surface area contributed by atoms with Gasteiger partial charge in [-0.15, -0.1) is 0 Å². The van der Waals surface area contributed by atoms with Gasteiger partial charge in [0.05, 0.1) is 19.3 Å². The average Bonchev–Trinajstić information content (AvgIpc) is 2.67. The van der Waals surface area contributed by atoms with E-state index in [9.17, 15) is 21.6 Å². The first-order valence-electron chi connectivity index (χ1n) is 6.61. The lowest BCUT2D eigenvalue weighted by Crippen LogP contribution is -2.38. The number of imidazole rings is 1. The third kappa shape index (κ3) is 3.58. The molecule has 5 nitrogen and oxygen atoms in total. The third-order valence-electron chi connectivity index (χ3n) is 3.39. The van der Waals surface area contributed by atoms with Gasteiger partial charge < -0.3 is 0 Å². The smallest absolute Gasteiger partial charge is 0.286 e. The quantitative estimate of drug-likeness (QED) is 0.517. The second-order valence-corrected chi connectivity index (χ2v) is 6.59. The van der Waals surface area contributed by atoms with Crippen LogP contribution in [-0.4, -0.2) is 23.3 Å². The van der Waals surface area contributed by atoms with Crippen molar-refractivity contribution in [2.45, 2.75) is 25.6 Å². The van der Waals surface area contributed by atoms with Gasteiger partial charge >= 0.3 is 12.0 Å². The Balaban J connectivity index is 2.35. The van der Waals surface area contributed by atoms with Crippen LogP contribution in [0.5, 0.6) is 0 Å². The van der Waals surface area contributed by atoms with Gasteiger partial charge in [0.1, 0.15) is 0 Å². The molecule has 1 aromatic heterocycles. The lowest BCUT2D eigenvalue weighted by Gasteiger charge is -2.06. The predicted octanol–water partition coefficient (Wildman–Crippen LogP) is 2.15. The Morgan fingerprint density at radius 1 is 1.23 bits per heavy atom. The average molecular weight is 337 g/mol. The molecular weight excluding hydrogens is 321 g/mol. The van der Waals surface area contributed by atoms with Crippen LogP contribution in [0.25, 0.3) is 11.0 Å². The second kappa shape index (κ2) is 5.88. The summed E-state index contributed by atoms with van der Waals surface area (Å²) in [4.78, 5) is 0. The van der Waals surface area contributed by atoms with Gasteiger partial charge in [-0.2, -0.15) is 21.6 Å². The van der Waals surface area contributed by atoms with Crippen molar-refractivity contribution in [3.8, 4) is 0 Å². The summed E-state index contributed by atoms with van der Waals surface area (Å²) in [6, 6.07) is 6.49. The molecule has 0 aliphatic carbocycles. The fraction of sp³-hybridized carbons (Fsp3) is 0.462. The van der Waals surface area contributed by atoms with Crippen molar-refractivity contribution in [1.29, 1.82) is 0 Å². The summed E-state index contributed by atoms with van der Waals surface area (Å²) in [5.41, 5.74) is 0.883. The van der Waals surface area contributed by atoms with Gasteiger partial charge in [0.15, 0.2) is 11.0 Å². The van der Waals surface area contributed by atoms with Gasteiger partial charge in [-0.25, -0.2) is 9.13 Å². The first-order chi connectivity index (χ1) is 10.1. The SMILES string of the molecule is C[n+]1c(C(F)(F)F)n(CCCCS(=O)(=O)O)c2ccccc21. The van der Waals surface area contributed by atoms with Gasteiger partial charge in [-0.3, -0.25) is 4.55 Å². The molecule has 0 saturated carbocycles.